The first kappa shape index (κ1) is 16.0. The monoisotopic (exact) mass is 319 g/mol. The molecule has 2 aromatic rings. The van der Waals surface area contributed by atoms with E-state index >= 15 is 0 Å². The van der Waals surface area contributed by atoms with Crippen molar-refractivity contribution in [2.45, 2.75) is 20.3 Å². The van der Waals surface area contributed by atoms with Crippen molar-refractivity contribution in [2.75, 3.05) is 6.61 Å². The number of phenols is 1. The third-order valence-electron chi connectivity index (χ3n) is 2.69. The van der Waals surface area contributed by atoms with Gasteiger partial charge in [0.05, 0.1) is 29.9 Å². The van der Waals surface area contributed by atoms with Crippen LogP contribution in [0.3, 0.4) is 0 Å². The Balaban J connectivity index is 1.91. The van der Waals surface area contributed by atoms with Crippen LogP contribution in [-0.4, -0.2) is 28.8 Å². The first-order valence-electron chi connectivity index (χ1n) is 6.77. The van der Waals surface area contributed by atoms with Gasteiger partial charge in [-0.3, -0.25) is 4.79 Å². The molecular weight excluding hydrogens is 302 g/mol. The first-order chi connectivity index (χ1) is 10.6. The van der Waals surface area contributed by atoms with Gasteiger partial charge >= 0.3 is 0 Å². The standard InChI is InChI=1S/C15H17N3O3S/c1-3-21-14-6-11(4-5-13(14)19)8-16-18-15(20)7-12-9-22-10(2)17-12/h4-6,8-9,19H,3,7H2,1-2H3,(H,18,20)/b16-8+. The average molecular weight is 319 g/mol. The molecule has 1 aromatic heterocycles. The van der Waals surface area contributed by atoms with Gasteiger partial charge in [0.15, 0.2) is 11.5 Å². The number of carbonyl (C=O) groups is 1. The molecule has 2 rings (SSSR count). The Kier molecular flexibility index (Phi) is 5.48. The van der Waals surface area contributed by atoms with Crippen LogP contribution in [0, 0.1) is 6.92 Å². The summed E-state index contributed by atoms with van der Waals surface area (Å²) in [5, 5.41) is 16.3. The van der Waals surface area contributed by atoms with Crippen molar-refractivity contribution in [3.8, 4) is 11.5 Å². The first-order valence-corrected chi connectivity index (χ1v) is 7.65. The topological polar surface area (TPSA) is 83.8 Å². The van der Waals surface area contributed by atoms with Gasteiger partial charge in [0.25, 0.3) is 0 Å². The maximum atomic E-state index is 11.7. The number of hydrogen-bond acceptors (Lipinski definition) is 6. The lowest BCUT2D eigenvalue weighted by Gasteiger charge is -2.05. The van der Waals surface area contributed by atoms with E-state index in [0.717, 1.165) is 10.7 Å². The van der Waals surface area contributed by atoms with Crippen LogP contribution in [0.5, 0.6) is 11.5 Å². The smallest absolute Gasteiger partial charge is 0.246 e. The molecule has 0 aliphatic heterocycles. The Bertz CT molecular complexity index is 682. The maximum Gasteiger partial charge on any atom is 0.246 e. The van der Waals surface area contributed by atoms with E-state index in [2.05, 4.69) is 15.5 Å². The Hall–Kier alpha value is -2.41. The molecule has 116 valence electrons. The number of ether oxygens (including phenoxy) is 1. The number of rotatable bonds is 6. The number of benzene rings is 1. The number of aromatic hydroxyl groups is 1. The average Bonchev–Trinajstić information content (AvgIpc) is 2.88. The number of hydrogen-bond donors (Lipinski definition) is 2. The second-order valence-electron chi connectivity index (χ2n) is 4.49. The number of aromatic nitrogens is 1. The number of thiazole rings is 1. The molecule has 1 aromatic carbocycles. The summed E-state index contributed by atoms with van der Waals surface area (Å²) in [6.45, 7) is 4.18. The summed E-state index contributed by atoms with van der Waals surface area (Å²) in [5.41, 5.74) is 3.90. The fourth-order valence-corrected chi connectivity index (χ4v) is 2.37. The molecule has 1 amide bonds. The predicted molar refractivity (Wildman–Crippen MR) is 85.6 cm³/mol. The SMILES string of the molecule is CCOc1cc(/C=N/NC(=O)Cc2csc(C)n2)ccc1O. The van der Waals surface area contributed by atoms with Gasteiger partial charge in [-0.2, -0.15) is 5.10 Å². The zero-order valence-electron chi connectivity index (χ0n) is 12.4. The minimum Gasteiger partial charge on any atom is -0.504 e. The van der Waals surface area contributed by atoms with Gasteiger partial charge < -0.3 is 9.84 Å². The van der Waals surface area contributed by atoms with Crippen molar-refractivity contribution >= 4 is 23.5 Å². The summed E-state index contributed by atoms with van der Waals surface area (Å²) in [4.78, 5) is 15.9. The molecule has 22 heavy (non-hydrogen) atoms. The minimum absolute atomic E-state index is 0.0712. The molecule has 0 fully saturated rings. The lowest BCUT2D eigenvalue weighted by Crippen LogP contribution is -2.19. The van der Waals surface area contributed by atoms with Crippen molar-refractivity contribution in [2.24, 2.45) is 5.10 Å². The van der Waals surface area contributed by atoms with Crippen molar-refractivity contribution in [1.29, 1.82) is 0 Å². The quantitative estimate of drug-likeness (QED) is 0.632. The highest BCUT2D eigenvalue weighted by Gasteiger charge is 2.05. The van der Waals surface area contributed by atoms with Gasteiger partial charge in [0.2, 0.25) is 5.91 Å². The van der Waals surface area contributed by atoms with Gasteiger partial charge in [-0.05, 0) is 37.6 Å². The van der Waals surface area contributed by atoms with E-state index in [-0.39, 0.29) is 18.1 Å². The highest BCUT2D eigenvalue weighted by Crippen LogP contribution is 2.26. The third-order valence-corrected chi connectivity index (χ3v) is 3.52. The molecule has 2 N–H and O–H groups in total. The molecule has 0 spiro atoms. The highest BCUT2D eigenvalue weighted by molar-refractivity contribution is 7.09. The molecular formula is C15H17N3O3S. The summed E-state index contributed by atoms with van der Waals surface area (Å²) >= 11 is 1.51. The summed E-state index contributed by atoms with van der Waals surface area (Å²) < 4.78 is 5.28. The van der Waals surface area contributed by atoms with Gasteiger partial charge in [-0.1, -0.05) is 0 Å². The number of phenolic OH excluding ortho intramolecular Hbond substituents is 1. The third kappa shape index (κ3) is 4.56. The zero-order chi connectivity index (χ0) is 15.9. The van der Waals surface area contributed by atoms with Gasteiger partial charge in [-0.25, -0.2) is 10.4 Å². The van der Waals surface area contributed by atoms with Gasteiger partial charge in [0.1, 0.15) is 0 Å². The molecule has 0 saturated heterocycles. The maximum absolute atomic E-state index is 11.7. The number of nitrogens with one attached hydrogen (secondary N) is 1. The molecule has 0 bridgehead atoms. The normalized spacial score (nSPS) is 10.8. The molecule has 0 atom stereocenters. The van der Waals surface area contributed by atoms with E-state index in [9.17, 15) is 9.90 Å². The molecule has 0 radical (unpaired) electrons. The van der Waals surface area contributed by atoms with E-state index in [1.807, 2.05) is 19.2 Å². The van der Waals surface area contributed by atoms with Crippen LogP contribution in [-0.2, 0) is 11.2 Å². The van der Waals surface area contributed by atoms with E-state index in [4.69, 9.17) is 4.74 Å². The lowest BCUT2D eigenvalue weighted by molar-refractivity contribution is -0.120. The van der Waals surface area contributed by atoms with E-state index in [1.165, 1.54) is 23.6 Å². The second-order valence-corrected chi connectivity index (χ2v) is 5.55. The zero-order valence-corrected chi connectivity index (χ0v) is 13.2. The highest BCUT2D eigenvalue weighted by atomic mass is 32.1. The van der Waals surface area contributed by atoms with Crippen molar-refractivity contribution < 1.29 is 14.6 Å². The van der Waals surface area contributed by atoms with E-state index < -0.39 is 0 Å². The molecule has 0 unspecified atom stereocenters. The van der Waals surface area contributed by atoms with Gasteiger partial charge in [-0.15, -0.1) is 11.3 Å². The number of hydrazone groups is 1. The van der Waals surface area contributed by atoms with Crippen molar-refractivity contribution in [3.05, 3.63) is 39.8 Å². The van der Waals surface area contributed by atoms with Crippen LogP contribution in [0.4, 0.5) is 0 Å². The van der Waals surface area contributed by atoms with Crippen LogP contribution in [0.2, 0.25) is 0 Å². The molecule has 0 aliphatic rings. The predicted octanol–water partition coefficient (Wildman–Crippen LogP) is 2.25. The van der Waals surface area contributed by atoms with Crippen LogP contribution in [0.15, 0.2) is 28.7 Å². The summed E-state index contributed by atoms with van der Waals surface area (Å²) in [5.74, 6) is 0.225. The van der Waals surface area contributed by atoms with Crippen molar-refractivity contribution in [3.63, 3.8) is 0 Å². The largest absolute Gasteiger partial charge is 0.504 e. The Labute approximate surface area is 132 Å². The molecule has 0 aliphatic carbocycles. The summed E-state index contributed by atoms with van der Waals surface area (Å²) in [6.07, 6.45) is 1.69. The van der Waals surface area contributed by atoms with Gasteiger partial charge in [0, 0.05) is 5.38 Å². The molecule has 1 heterocycles. The van der Waals surface area contributed by atoms with E-state index in [1.54, 1.807) is 12.1 Å². The molecule has 7 heteroatoms. The number of aryl methyl sites for hydroxylation is 1. The Morgan fingerprint density at radius 1 is 1.55 bits per heavy atom. The van der Waals surface area contributed by atoms with E-state index in [0.29, 0.717) is 17.9 Å². The second kappa shape index (κ2) is 7.56. The molecule has 6 nitrogen and oxygen atoms in total. The summed E-state index contributed by atoms with van der Waals surface area (Å²) in [7, 11) is 0. The lowest BCUT2D eigenvalue weighted by atomic mass is 10.2. The van der Waals surface area contributed by atoms with Crippen LogP contribution in [0.1, 0.15) is 23.2 Å². The number of nitrogens with zero attached hydrogens (tertiary/aromatic N) is 2. The molecule has 0 saturated carbocycles. The summed E-state index contributed by atoms with van der Waals surface area (Å²) in [6, 6.07) is 4.85. The Morgan fingerprint density at radius 3 is 3.05 bits per heavy atom. The fourth-order valence-electron chi connectivity index (χ4n) is 1.75. The van der Waals surface area contributed by atoms with Crippen molar-refractivity contribution in [1.82, 2.24) is 10.4 Å². The fraction of sp³-hybridized carbons (Fsp3) is 0.267. The van der Waals surface area contributed by atoms with Crippen LogP contribution < -0.4 is 10.2 Å². The Morgan fingerprint density at radius 2 is 2.36 bits per heavy atom. The minimum atomic E-state index is -0.231. The number of amides is 1. The van der Waals surface area contributed by atoms with Crippen LogP contribution >= 0.6 is 11.3 Å². The van der Waals surface area contributed by atoms with Crippen LogP contribution in [0.25, 0.3) is 0 Å². The number of carbonyl (C=O) groups excluding carboxylic acids is 1.